The van der Waals surface area contributed by atoms with E-state index in [0.717, 1.165) is 35.7 Å². The molecule has 0 bridgehead atoms. The molecule has 0 unspecified atom stereocenters. The van der Waals surface area contributed by atoms with Crippen LogP contribution >= 0.6 is 47.8 Å². The maximum atomic E-state index is 5.68. The van der Waals surface area contributed by atoms with Gasteiger partial charge in [-0.3, -0.25) is 0 Å². The highest BCUT2D eigenvalue weighted by molar-refractivity contribution is 9.14. The predicted octanol–water partition coefficient (Wildman–Crippen LogP) is 8.44. The molecule has 0 aromatic heterocycles. The average molecular weight is 686 g/mol. The summed E-state index contributed by atoms with van der Waals surface area (Å²) in [6.07, 6.45) is 0. The van der Waals surface area contributed by atoms with Crippen molar-refractivity contribution in [3.8, 4) is 0 Å². The highest BCUT2D eigenvalue weighted by atomic mass is 79.9. The lowest BCUT2D eigenvalue weighted by atomic mass is 9.84. The lowest BCUT2D eigenvalue weighted by Gasteiger charge is -2.31. The smallest absolute Gasteiger partial charge is 0.373 e. The average Bonchev–Trinajstić information content (AvgIpc) is 2.81. The largest absolute Gasteiger partial charge is 0.536 e. The van der Waals surface area contributed by atoms with E-state index in [-0.39, 0.29) is 5.41 Å². The van der Waals surface area contributed by atoms with Gasteiger partial charge in [0.15, 0.2) is 0 Å². The Bertz CT molecular complexity index is 1150. The van der Waals surface area contributed by atoms with E-state index in [0.29, 0.717) is 0 Å². The van der Waals surface area contributed by atoms with Crippen LogP contribution < -0.4 is 10.1 Å². The molecule has 4 nitrogen and oxygen atoms in total. The number of aryl methyl sites for hydroxylation is 2. The first-order valence-electron chi connectivity index (χ1n) is 11.2. The molecular formula is C27H32Br3NO3Si. The minimum absolute atomic E-state index is 0.0681. The van der Waals surface area contributed by atoms with Crippen LogP contribution in [0.3, 0.4) is 0 Å². The van der Waals surface area contributed by atoms with Crippen LogP contribution in [0.4, 0.5) is 17.1 Å². The van der Waals surface area contributed by atoms with Gasteiger partial charge in [0, 0.05) is 51.3 Å². The predicted molar refractivity (Wildman–Crippen MR) is 159 cm³/mol. The van der Waals surface area contributed by atoms with Gasteiger partial charge in [-0.1, -0.05) is 45.0 Å². The Morgan fingerprint density at radius 1 is 0.714 bits per heavy atom. The summed E-state index contributed by atoms with van der Waals surface area (Å²) >= 11 is 11.0. The van der Waals surface area contributed by atoms with Crippen molar-refractivity contribution in [3.05, 3.63) is 78.6 Å². The van der Waals surface area contributed by atoms with Crippen LogP contribution in [-0.2, 0) is 18.7 Å². The number of hydrogen-bond acceptors (Lipinski definition) is 4. The fraction of sp³-hybridized carbons (Fsp3) is 0.333. The number of hydrogen-bond donors (Lipinski definition) is 0. The van der Waals surface area contributed by atoms with Crippen LogP contribution in [0.15, 0.2) is 61.9 Å². The van der Waals surface area contributed by atoms with E-state index in [1.807, 2.05) is 12.1 Å². The van der Waals surface area contributed by atoms with E-state index < -0.39 is 8.80 Å². The maximum Gasteiger partial charge on any atom is 0.536 e. The van der Waals surface area contributed by atoms with E-state index in [2.05, 4.69) is 124 Å². The summed E-state index contributed by atoms with van der Waals surface area (Å²) in [6, 6.07) is 17.1. The highest BCUT2D eigenvalue weighted by Crippen LogP contribution is 2.44. The first kappa shape index (κ1) is 28.6. The summed E-state index contributed by atoms with van der Waals surface area (Å²) in [6.45, 7) is 11.1. The fourth-order valence-corrected chi connectivity index (χ4v) is 7.41. The molecule has 0 amide bonds. The van der Waals surface area contributed by atoms with Gasteiger partial charge in [-0.15, -0.1) is 0 Å². The molecular weight excluding hydrogens is 654 g/mol. The summed E-state index contributed by atoms with van der Waals surface area (Å²) in [7, 11) is 1.95. The molecule has 0 spiro atoms. The van der Waals surface area contributed by atoms with Crippen molar-refractivity contribution in [3.63, 3.8) is 0 Å². The van der Waals surface area contributed by atoms with E-state index in [1.165, 1.54) is 16.7 Å². The number of anilines is 3. The summed E-state index contributed by atoms with van der Waals surface area (Å²) in [5.74, 6) is 0. The zero-order chi connectivity index (χ0) is 26.1. The van der Waals surface area contributed by atoms with Gasteiger partial charge in [0.05, 0.1) is 5.69 Å². The Balaban J connectivity index is 2.26. The van der Waals surface area contributed by atoms with E-state index in [4.69, 9.17) is 13.3 Å². The van der Waals surface area contributed by atoms with Crippen molar-refractivity contribution in [2.75, 3.05) is 26.2 Å². The third kappa shape index (κ3) is 5.79. The zero-order valence-electron chi connectivity index (χ0n) is 21.4. The van der Waals surface area contributed by atoms with Gasteiger partial charge in [0.25, 0.3) is 0 Å². The number of benzene rings is 3. The quantitative estimate of drug-likeness (QED) is 0.185. The van der Waals surface area contributed by atoms with Gasteiger partial charge >= 0.3 is 8.80 Å². The van der Waals surface area contributed by atoms with Crippen LogP contribution in [0.2, 0.25) is 0 Å². The summed E-state index contributed by atoms with van der Waals surface area (Å²) in [5, 5.41) is 0.906. The Morgan fingerprint density at radius 3 is 1.57 bits per heavy atom. The maximum absolute atomic E-state index is 5.68. The summed E-state index contributed by atoms with van der Waals surface area (Å²) in [5.41, 5.74) is 7.02. The standard InChI is InChI=1S/C27H32Br3NO3Si/c1-17-13-19(27(3,4)5)14-18(2)26(17)31(21-15-23(28)25(30)24(29)16-21)20-9-11-22(12-10-20)35(32-6,33-7)34-8/h9-16H,1-8H3. The molecule has 0 atom stereocenters. The normalized spacial score (nSPS) is 12.2. The molecule has 0 radical (unpaired) electrons. The summed E-state index contributed by atoms with van der Waals surface area (Å²) < 4.78 is 20.0. The van der Waals surface area contributed by atoms with Crippen LogP contribution in [0.5, 0.6) is 0 Å². The molecule has 3 aromatic rings. The van der Waals surface area contributed by atoms with Crippen molar-refractivity contribution in [2.45, 2.75) is 40.0 Å². The van der Waals surface area contributed by atoms with Gasteiger partial charge in [0.1, 0.15) is 0 Å². The second-order valence-corrected chi connectivity index (χ2v) is 14.9. The molecule has 8 heteroatoms. The topological polar surface area (TPSA) is 30.9 Å². The first-order chi connectivity index (χ1) is 16.4. The second kappa shape index (κ2) is 11.2. The summed E-state index contributed by atoms with van der Waals surface area (Å²) in [4.78, 5) is 2.29. The minimum Gasteiger partial charge on any atom is -0.373 e. The molecule has 0 N–H and O–H groups in total. The van der Waals surface area contributed by atoms with Crippen molar-refractivity contribution < 1.29 is 13.3 Å². The molecule has 0 aliphatic carbocycles. The van der Waals surface area contributed by atoms with Crippen molar-refractivity contribution in [1.29, 1.82) is 0 Å². The Morgan fingerprint density at radius 2 is 1.17 bits per heavy atom. The van der Waals surface area contributed by atoms with Gasteiger partial charge < -0.3 is 18.2 Å². The van der Waals surface area contributed by atoms with E-state index in [1.54, 1.807) is 21.3 Å². The Kier molecular flexibility index (Phi) is 9.12. The third-order valence-corrected chi connectivity index (χ3v) is 11.9. The molecule has 0 aliphatic rings. The number of halogens is 3. The first-order valence-corrected chi connectivity index (χ1v) is 15.3. The van der Waals surface area contributed by atoms with Gasteiger partial charge in [-0.05, 0) is 108 Å². The van der Waals surface area contributed by atoms with Crippen LogP contribution in [0.1, 0.15) is 37.5 Å². The van der Waals surface area contributed by atoms with Gasteiger partial charge in [-0.25, -0.2) is 0 Å². The SMILES string of the molecule is CO[Si](OC)(OC)c1ccc(N(c2cc(Br)c(Br)c(Br)c2)c2c(C)cc(C(C)(C)C)cc2C)cc1. The molecule has 188 valence electrons. The van der Waals surface area contributed by atoms with Crippen molar-refractivity contribution in [2.24, 2.45) is 0 Å². The lowest BCUT2D eigenvalue weighted by Crippen LogP contribution is -2.54. The highest BCUT2D eigenvalue weighted by Gasteiger charge is 2.40. The minimum atomic E-state index is -2.93. The van der Waals surface area contributed by atoms with Crippen LogP contribution in [0.25, 0.3) is 0 Å². The molecule has 35 heavy (non-hydrogen) atoms. The molecule has 0 saturated heterocycles. The molecule has 0 fully saturated rings. The van der Waals surface area contributed by atoms with Crippen molar-refractivity contribution in [1.82, 2.24) is 0 Å². The van der Waals surface area contributed by atoms with Crippen LogP contribution in [-0.4, -0.2) is 30.1 Å². The van der Waals surface area contributed by atoms with E-state index in [9.17, 15) is 0 Å². The van der Waals surface area contributed by atoms with Crippen LogP contribution in [0, 0.1) is 13.8 Å². The molecule has 0 aliphatic heterocycles. The monoisotopic (exact) mass is 683 g/mol. The molecule has 0 saturated carbocycles. The number of nitrogens with zero attached hydrogens (tertiary/aromatic N) is 1. The lowest BCUT2D eigenvalue weighted by molar-refractivity contribution is 0.140. The van der Waals surface area contributed by atoms with Gasteiger partial charge in [-0.2, -0.15) is 0 Å². The molecule has 0 heterocycles. The fourth-order valence-electron chi connectivity index (χ4n) is 4.24. The molecule has 3 rings (SSSR count). The zero-order valence-corrected chi connectivity index (χ0v) is 27.2. The molecule has 3 aromatic carbocycles. The second-order valence-electron chi connectivity index (χ2n) is 9.48. The van der Waals surface area contributed by atoms with Gasteiger partial charge in [0.2, 0.25) is 0 Å². The Labute approximate surface area is 235 Å². The third-order valence-electron chi connectivity index (χ3n) is 6.09. The van der Waals surface area contributed by atoms with Crippen molar-refractivity contribution >= 4 is 78.8 Å². The van der Waals surface area contributed by atoms with E-state index >= 15 is 0 Å². The number of rotatable bonds is 7. The Hall–Kier alpha value is -1.00.